The second-order valence-corrected chi connectivity index (χ2v) is 4.45. The number of halogens is 4. The van der Waals surface area contributed by atoms with Gasteiger partial charge in [-0.2, -0.15) is 18.3 Å². The number of nitrogens with two attached hydrogens (primary N) is 1. The average Bonchev–Trinajstić information content (AvgIpc) is 2.78. The van der Waals surface area contributed by atoms with Crippen molar-refractivity contribution in [3.05, 3.63) is 28.8 Å². The Bertz CT molecular complexity index is 602. The first kappa shape index (κ1) is 15.3. The summed E-state index contributed by atoms with van der Waals surface area (Å²) in [5.41, 5.74) is 5.28. The summed E-state index contributed by atoms with van der Waals surface area (Å²) in [4.78, 5) is 3.70. The number of aliphatic imine (C=N–C) groups is 1. The summed E-state index contributed by atoms with van der Waals surface area (Å²) in [6, 6.07) is 0. The van der Waals surface area contributed by atoms with Crippen LogP contribution in [0.4, 0.5) is 17.6 Å². The Balaban J connectivity index is 2.45. The maximum atomic E-state index is 13.0. The fourth-order valence-corrected chi connectivity index (χ4v) is 2.01. The molecule has 1 unspecified atom stereocenters. The topological polar surface area (TPSA) is 80.3 Å². The zero-order valence-electron chi connectivity index (χ0n) is 11.3. The van der Waals surface area contributed by atoms with Crippen LogP contribution >= 0.6 is 0 Å². The van der Waals surface area contributed by atoms with Crippen LogP contribution in [-0.2, 0) is 19.5 Å². The summed E-state index contributed by atoms with van der Waals surface area (Å²) in [6.07, 6.45) is -2.70. The third-order valence-corrected chi connectivity index (χ3v) is 3.14. The number of aromatic nitrogens is 2. The van der Waals surface area contributed by atoms with E-state index in [1.807, 2.05) is 0 Å². The molecule has 6 nitrogen and oxygen atoms in total. The van der Waals surface area contributed by atoms with Gasteiger partial charge in [-0.1, -0.05) is 0 Å². The predicted molar refractivity (Wildman–Crippen MR) is 67.7 cm³/mol. The first-order valence-electron chi connectivity index (χ1n) is 5.91. The molecule has 1 aromatic rings. The number of aryl methyl sites for hydroxylation is 1. The zero-order valence-corrected chi connectivity index (χ0v) is 11.3. The molecule has 0 saturated heterocycles. The minimum Gasteiger partial charge on any atom is -0.374 e. The minimum absolute atomic E-state index is 0.132. The lowest BCUT2D eigenvalue weighted by Gasteiger charge is -2.33. The molecular weight excluding hydrogens is 292 g/mol. The normalized spacial score (nSPS) is 22.4. The molecule has 0 aliphatic carbocycles. The molecular formula is C11H14F4N6. The van der Waals surface area contributed by atoms with Gasteiger partial charge in [-0.25, -0.2) is 9.38 Å². The highest BCUT2D eigenvalue weighted by Crippen LogP contribution is 2.31. The van der Waals surface area contributed by atoms with E-state index in [9.17, 15) is 17.6 Å². The van der Waals surface area contributed by atoms with Crippen LogP contribution in [0.3, 0.4) is 0 Å². The summed E-state index contributed by atoms with van der Waals surface area (Å²) < 4.78 is 52.8. The summed E-state index contributed by atoms with van der Waals surface area (Å²) in [6.45, 7) is -0.868. The molecule has 1 aliphatic rings. The summed E-state index contributed by atoms with van der Waals surface area (Å²) in [5, 5.41) is 8.69. The molecule has 21 heavy (non-hydrogen) atoms. The second kappa shape index (κ2) is 5.02. The molecule has 1 aromatic heterocycles. The van der Waals surface area contributed by atoms with Gasteiger partial charge in [0.05, 0.1) is 17.5 Å². The van der Waals surface area contributed by atoms with Crippen LogP contribution in [0, 0.1) is 0 Å². The highest BCUT2D eigenvalue weighted by atomic mass is 19.4. The van der Waals surface area contributed by atoms with Crippen LogP contribution in [0.15, 0.2) is 22.6 Å². The molecule has 0 amide bonds. The van der Waals surface area contributed by atoms with Crippen molar-refractivity contribution in [3.63, 3.8) is 0 Å². The number of rotatable bonds is 3. The van der Waals surface area contributed by atoms with E-state index in [2.05, 4.69) is 20.7 Å². The lowest BCUT2D eigenvalue weighted by molar-refractivity contribution is -0.0875. The quantitative estimate of drug-likeness (QED) is 0.716. The van der Waals surface area contributed by atoms with Crippen LogP contribution < -0.4 is 16.4 Å². The largest absolute Gasteiger partial charge is 0.421 e. The third-order valence-electron chi connectivity index (χ3n) is 3.14. The van der Waals surface area contributed by atoms with Crippen LogP contribution in [0.5, 0.6) is 0 Å². The predicted octanol–water partition coefficient (Wildman–Crippen LogP) is 0.626. The van der Waals surface area contributed by atoms with Crippen molar-refractivity contribution >= 4 is 6.21 Å². The van der Waals surface area contributed by atoms with E-state index in [1.165, 1.54) is 25.0 Å². The van der Waals surface area contributed by atoms with E-state index >= 15 is 0 Å². The van der Waals surface area contributed by atoms with Crippen LogP contribution in [0.2, 0.25) is 0 Å². The highest BCUT2D eigenvalue weighted by molar-refractivity contribution is 5.82. The van der Waals surface area contributed by atoms with E-state index in [-0.39, 0.29) is 17.1 Å². The molecule has 0 aromatic carbocycles. The Morgan fingerprint density at radius 2 is 2.14 bits per heavy atom. The van der Waals surface area contributed by atoms with E-state index < -0.39 is 24.2 Å². The lowest BCUT2D eigenvalue weighted by Crippen LogP contribution is -2.54. The Morgan fingerprint density at radius 1 is 1.48 bits per heavy atom. The van der Waals surface area contributed by atoms with Gasteiger partial charge in [-0.3, -0.25) is 10.4 Å². The van der Waals surface area contributed by atoms with E-state index in [4.69, 9.17) is 5.73 Å². The van der Waals surface area contributed by atoms with Crippen molar-refractivity contribution in [2.75, 3.05) is 7.05 Å². The fourth-order valence-electron chi connectivity index (χ4n) is 2.01. The molecule has 2 rings (SSSR count). The van der Waals surface area contributed by atoms with Crippen LogP contribution in [0.25, 0.3) is 0 Å². The second-order valence-electron chi connectivity index (χ2n) is 4.45. The number of hydrogen-bond acceptors (Lipinski definition) is 5. The molecule has 1 aliphatic heterocycles. The molecule has 0 spiro atoms. The highest BCUT2D eigenvalue weighted by Gasteiger charge is 2.42. The van der Waals surface area contributed by atoms with E-state index in [1.54, 1.807) is 0 Å². The number of hydrogen-bond donors (Lipinski definition) is 3. The van der Waals surface area contributed by atoms with Crippen molar-refractivity contribution in [3.8, 4) is 0 Å². The molecule has 2 heterocycles. The first-order chi connectivity index (χ1) is 9.73. The van der Waals surface area contributed by atoms with Gasteiger partial charge in [-0.05, 0) is 0 Å². The van der Waals surface area contributed by atoms with Gasteiger partial charge in [0.2, 0.25) is 5.79 Å². The monoisotopic (exact) mass is 306 g/mol. The van der Waals surface area contributed by atoms with E-state index in [0.717, 1.165) is 0 Å². The molecule has 0 saturated carbocycles. The molecule has 0 radical (unpaired) electrons. The molecule has 116 valence electrons. The molecule has 1 atom stereocenters. The number of alkyl halides is 4. The van der Waals surface area contributed by atoms with Gasteiger partial charge in [0.25, 0.3) is 0 Å². The average molecular weight is 306 g/mol. The fraction of sp³-hybridized carbons (Fsp3) is 0.455. The maximum absolute atomic E-state index is 13.0. The Morgan fingerprint density at radius 3 is 2.67 bits per heavy atom. The van der Waals surface area contributed by atoms with E-state index in [0.29, 0.717) is 6.21 Å². The van der Waals surface area contributed by atoms with Gasteiger partial charge in [-0.15, -0.1) is 0 Å². The Labute approximate surface area is 117 Å². The van der Waals surface area contributed by atoms with Crippen LogP contribution in [0.1, 0.15) is 11.3 Å². The maximum Gasteiger partial charge on any atom is 0.421 e. The van der Waals surface area contributed by atoms with Gasteiger partial charge < -0.3 is 10.6 Å². The number of nitrogens with zero attached hydrogens (tertiary/aromatic N) is 3. The lowest BCUT2D eigenvalue weighted by atomic mass is 10.1. The standard InChI is InChI=1S/C11H14F4N6/c1-17-9-7(10(13,14)15)4-18-11(16,20-9)6-5-19-21(2)8(6)3-12/h4-5,17,20H,3,16H2,1-2H3. The van der Waals surface area contributed by atoms with Crippen molar-refractivity contribution in [2.45, 2.75) is 18.6 Å². The molecule has 4 N–H and O–H groups in total. The van der Waals surface area contributed by atoms with Crippen LogP contribution in [-0.4, -0.2) is 29.2 Å². The molecule has 0 bridgehead atoms. The first-order valence-corrected chi connectivity index (χ1v) is 5.91. The molecule has 10 heteroatoms. The smallest absolute Gasteiger partial charge is 0.374 e. The number of allylic oxidation sites excluding steroid dienone is 1. The van der Waals surface area contributed by atoms with Crippen molar-refractivity contribution < 1.29 is 17.6 Å². The minimum atomic E-state index is -4.59. The van der Waals surface area contributed by atoms with Gasteiger partial charge in [0.1, 0.15) is 18.1 Å². The Kier molecular flexibility index (Phi) is 3.66. The zero-order chi connectivity index (χ0) is 15.8. The number of nitrogens with one attached hydrogen (secondary N) is 2. The van der Waals surface area contributed by atoms with Gasteiger partial charge >= 0.3 is 6.18 Å². The van der Waals surface area contributed by atoms with Gasteiger partial charge in [0.15, 0.2) is 0 Å². The van der Waals surface area contributed by atoms with Crippen molar-refractivity contribution in [1.82, 2.24) is 20.4 Å². The molecule has 0 fully saturated rings. The van der Waals surface area contributed by atoms with Crippen molar-refractivity contribution in [2.24, 2.45) is 17.8 Å². The van der Waals surface area contributed by atoms with Crippen molar-refractivity contribution in [1.29, 1.82) is 0 Å². The Hall–Kier alpha value is -2.10. The SMILES string of the molecule is CNC1=C(C(F)(F)F)C=NC(N)(c2cnn(C)c2CF)N1. The third kappa shape index (κ3) is 2.58. The summed E-state index contributed by atoms with van der Waals surface area (Å²) in [7, 11) is 2.82. The van der Waals surface area contributed by atoms with Gasteiger partial charge in [0, 0.05) is 20.3 Å². The summed E-state index contributed by atoms with van der Waals surface area (Å²) >= 11 is 0. The summed E-state index contributed by atoms with van der Waals surface area (Å²) in [5.74, 6) is -2.06.